The van der Waals surface area contributed by atoms with Gasteiger partial charge in [-0.25, -0.2) is 8.42 Å². The Bertz CT molecular complexity index is 824. The molecule has 0 spiro atoms. The zero-order valence-corrected chi connectivity index (χ0v) is 24.8. The van der Waals surface area contributed by atoms with Gasteiger partial charge in [0.05, 0.1) is 6.10 Å². The van der Waals surface area contributed by atoms with Crippen molar-refractivity contribution in [2.24, 2.45) is 46.3 Å². The molecule has 0 N–H and O–H groups in total. The van der Waals surface area contributed by atoms with Gasteiger partial charge in [0.15, 0.2) is 0 Å². The van der Waals surface area contributed by atoms with Crippen molar-refractivity contribution in [1.29, 1.82) is 0 Å². The van der Waals surface area contributed by atoms with E-state index in [0.717, 1.165) is 42.4 Å². The van der Waals surface area contributed by atoms with Gasteiger partial charge in [-0.3, -0.25) is 4.18 Å². The van der Waals surface area contributed by atoms with Crippen molar-refractivity contribution in [3.63, 3.8) is 0 Å². The van der Waals surface area contributed by atoms with Gasteiger partial charge < -0.3 is 4.55 Å². The van der Waals surface area contributed by atoms with Gasteiger partial charge in [-0.15, -0.1) is 0 Å². The Labute approximate surface area is 225 Å². The molecule has 4 rings (SSSR count). The van der Waals surface area contributed by atoms with Gasteiger partial charge in [0, 0.05) is 0 Å². The van der Waals surface area contributed by atoms with Crippen molar-refractivity contribution < 1.29 is 46.7 Å². The summed E-state index contributed by atoms with van der Waals surface area (Å²) in [6.07, 6.45) is 14.8. The molecule has 4 nitrogen and oxygen atoms in total. The zero-order chi connectivity index (χ0) is 23.3. The van der Waals surface area contributed by atoms with E-state index < -0.39 is 16.5 Å². The van der Waals surface area contributed by atoms with Crippen LogP contribution in [0.4, 0.5) is 0 Å². The summed E-state index contributed by atoms with van der Waals surface area (Å²) in [6, 6.07) is 0. The number of hydrogen-bond acceptors (Lipinski definition) is 4. The zero-order valence-electron chi connectivity index (χ0n) is 21.9. The first-order valence-corrected chi connectivity index (χ1v) is 14.6. The molecule has 0 radical (unpaired) electrons. The molecule has 6 heteroatoms. The Morgan fingerprint density at radius 1 is 1.06 bits per heavy atom. The molecule has 3 fully saturated rings. The van der Waals surface area contributed by atoms with Gasteiger partial charge in [-0.05, 0) is 97.7 Å². The minimum absolute atomic E-state index is 0. The number of fused-ring (bicyclic) bond motifs is 5. The third-order valence-electron chi connectivity index (χ3n) is 10.5. The van der Waals surface area contributed by atoms with E-state index in [1.807, 2.05) is 0 Å². The minimum Gasteiger partial charge on any atom is -0.726 e. The van der Waals surface area contributed by atoms with E-state index in [1.165, 1.54) is 50.5 Å². The summed E-state index contributed by atoms with van der Waals surface area (Å²) in [4.78, 5) is 0. The molecule has 8 atom stereocenters. The summed E-state index contributed by atoms with van der Waals surface area (Å²) in [6.45, 7) is 12.2. The molecule has 0 amide bonds. The van der Waals surface area contributed by atoms with E-state index in [9.17, 15) is 13.0 Å². The molecule has 0 bridgehead atoms. The second-order valence-electron chi connectivity index (χ2n) is 12.7. The molecule has 0 aromatic heterocycles. The van der Waals surface area contributed by atoms with Crippen LogP contribution in [-0.4, -0.2) is 19.1 Å². The van der Waals surface area contributed by atoms with Crippen molar-refractivity contribution >= 4 is 10.4 Å². The monoisotopic (exact) mass is 488 g/mol. The minimum atomic E-state index is -4.63. The molecule has 4 aliphatic rings. The smallest absolute Gasteiger partial charge is 0.726 e. The maximum absolute atomic E-state index is 11.1. The summed E-state index contributed by atoms with van der Waals surface area (Å²) < 4.78 is 38.2. The quantitative estimate of drug-likeness (QED) is 0.236. The third-order valence-corrected chi connectivity index (χ3v) is 11.0. The van der Waals surface area contributed by atoms with Gasteiger partial charge in [0.2, 0.25) is 10.4 Å². The fourth-order valence-electron chi connectivity index (χ4n) is 8.90. The Hall–Kier alpha value is 0.610. The number of allylic oxidation sites excluding steroid dienone is 1. The van der Waals surface area contributed by atoms with E-state index in [-0.39, 0.29) is 35.0 Å². The molecular formula is C27H45NaO4S. The summed E-state index contributed by atoms with van der Waals surface area (Å²) in [5, 5.41) is 0. The van der Waals surface area contributed by atoms with Crippen LogP contribution < -0.4 is 29.6 Å². The maximum Gasteiger partial charge on any atom is 1.00 e. The Kier molecular flexibility index (Phi) is 9.00. The summed E-state index contributed by atoms with van der Waals surface area (Å²) in [7, 11) is -4.63. The van der Waals surface area contributed by atoms with Gasteiger partial charge in [-0.1, -0.05) is 65.5 Å². The first kappa shape index (κ1) is 28.2. The van der Waals surface area contributed by atoms with E-state index in [1.54, 1.807) is 0 Å². The predicted molar refractivity (Wildman–Crippen MR) is 128 cm³/mol. The standard InChI is InChI=1S/C27H46O4S.Na/c1-18(2)7-6-8-19(3)23-11-12-24-22-10-9-20-17-21(31-32(28,29)30)13-15-26(20,4)25(22)14-16-27(23,24)5;/h9,18-19,21-25H,6-8,10-17H2,1-5H3,(H,28,29,30);/q;+1/p-1/t19?,21?,22-,23?,24-,25+,26+,27-;/m1./s1. The molecule has 33 heavy (non-hydrogen) atoms. The van der Waals surface area contributed by atoms with Gasteiger partial charge >= 0.3 is 29.6 Å². The van der Waals surface area contributed by atoms with Crippen molar-refractivity contribution in [1.82, 2.24) is 0 Å². The molecule has 4 aliphatic carbocycles. The van der Waals surface area contributed by atoms with E-state index in [0.29, 0.717) is 24.2 Å². The summed E-state index contributed by atoms with van der Waals surface area (Å²) in [5.41, 5.74) is 1.99. The first-order chi connectivity index (χ1) is 14.9. The van der Waals surface area contributed by atoms with Crippen LogP contribution in [0.1, 0.15) is 105 Å². The molecule has 0 heterocycles. The van der Waals surface area contributed by atoms with Crippen LogP contribution in [0.25, 0.3) is 0 Å². The molecule has 184 valence electrons. The van der Waals surface area contributed by atoms with Gasteiger partial charge in [0.1, 0.15) is 0 Å². The average molecular weight is 489 g/mol. The largest absolute Gasteiger partial charge is 1.00 e. The topological polar surface area (TPSA) is 66.4 Å². The molecule has 0 saturated heterocycles. The van der Waals surface area contributed by atoms with Crippen LogP contribution in [-0.2, 0) is 14.6 Å². The molecule has 0 aromatic carbocycles. The predicted octanol–water partition coefficient (Wildman–Crippen LogP) is 3.88. The van der Waals surface area contributed by atoms with Crippen LogP contribution in [0.3, 0.4) is 0 Å². The van der Waals surface area contributed by atoms with Crippen molar-refractivity contribution in [3.8, 4) is 0 Å². The van der Waals surface area contributed by atoms with Gasteiger partial charge in [-0.2, -0.15) is 0 Å². The second kappa shape index (κ2) is 10.5. The van der Waals surface area contributed by atoms with Gasteiger partial charge in [0.25, 0.3) is 0 Å². The van der Waals surface area contributed by atoms with E-state index in [4.69, 9.17) is 4.18 Å². The Morgan fingerprint density at radius 2 is 1.79 bits per heavy atom. The Morgan fingerprint density at radius 3 is 2.45 bits per heavy atom. The molecule has 0 aliphatic heterocycles. The fourth-order valence-corrected chi connectivity index (χ4v) is 9.40. The third kappa shape index (κ3) is 5.64. The van der Waals surface area contributed by atoms with Crippen molar-refractivity contribution in [2.45, 2.75) is 111 Å². The van der Waals surface area contributed by atoms with E-state index >= 15 is 0 Å². The molecule has 0 aromatic rings. The van der Waals surface area contributed by atoms with Crippen LogP contribution >= 0.6 is 0 Å². The maximum atomic E-state index is 11.1. The molecule has 3 saturated carbocycles. The van der Waals surface area contributed by atoms with Crippen molar-refractivity contribution in [2.75, 3.05) is 0 Å². The summed E-state index contributed by atoms with van der Waals surface area (Å²) >= 11 is 0. The normalized spacial score (nSPS) is 41.4. The van der Waals surface area contributed by atoms with Crippen LogP contribution in [0.5, 0.6) is 0 Å². The number of hydrogen-bond donors (Lipinski definition) is 0. The van der Waals surface area contributed by atoms with Crippen molar-refractivity contribution in [3.05, 3.63) is 11.6 Å². The van der Waals surface area contributed by atoms with E-state index in [2.05, 4.69) is 40.7 Å². The Balaban J connectivity index is 0.00000306. The molecule has 3 unspecified atom stereocenters. The average Bonchev–Trinajstić information content (AvgIpc) is 3.04. The fraction of sp³-hybridized carbons (Fsp3) is 0.926. The van der Waals surface area contributed by atoms with Crippen LogP contribution in [0.15, 0.2) is 11.6 Å². The second-order valence-corrected chi connectivity index (χ2v) is 13.7. The summed E-state index contributed by atoms with van der Waals surface area (Å²) in [5.74, 6) is 4.78. The number of rotatable bonds is 7. The van der Waals surface area contributed by atoms with Crippen LogP contribution in [0.2, 0.25) is 0 Å². The SMILES string of the molecule is CC(C)CCCC(C)C1CC[C@@H]2[C@H]3CC=C4CC(OS(=O)(=O)[O-])CC[C@]4(C)[C@H]3CC[C@]12C.[Na+]. The molecular weight excluding hydrogens is 443 g/mol. The van der Waals surface area contributed by atoms with Crippen LogP contribution in [0, 0.1) is 46.3 Å². The first-order valence-electron chi connectivity index (χ1n) is 13.3.